The van der Waals surface area contributed by atoms with Gasteiger partial charge in [-0.15, -0.1) is 0 Å². The van der Waals surface area contributed by atoms with Crippen molar-refractivity contribution < 1.29 is 4.79 Å². The predicted molar refractivity (Wildman–Crippen MR) is 66.4 cm³/mol. The summed E-state index contributed by atoms with van der Waals surface area (Å²) in [6.07, 6.45) is 0. The van der Waals surface area contributed by atoms with Crippen LogP contribution >= 0.6 is 11.8 Å². The van der Waals surface area contributed by atoms with Gasteiger partial charge in [0.1, 0.15) is 0 Å². The Morgan fingerprint density at radius 3 is 1.38 bits per heavy atom. The van der Waals surface area contributed by atoms with Crippen LogP contribution in [0.5, 0.6) is 0 Å². The number of ketones is 1. The third-order valence-electron chi connectivity index (χ3n) is 2.07. The van der Waals surface area contributed by atoms with Crippen LogP contribution in [0.2, 0.25) is 0 Å². The fourth-order valence-electron chi connectivity index (χ4n) is 1.35. The third kappa shape index (κ3) is 3.19. The molecule has 0 amide bonds. The first kappa shape index (κ1) is 12.4. The Kier molecular flexibility index (Phi) is 5.26. The first-order valence-electron chi connectivity index (χ1n) is 4.74. The highest BCUT2D eigenvalue weighted by Gasteiger charge is 2.06. The number of benzene rings is 2. The van der Waals surface area contributed by atoms with Crippen molar-refractivity contribution in [1.82, 2.24) is 0 Å². The summed E-state index contributed by atoms with van der Waals surface area (Å²) in [5.41, 5.74) is 1.47. The Morgan fingerprint density at radius 1 is 0.750 bits per heavy atom. The zero-order chi connectivity index (χ0) is 11.8. The first-order valence-corrected chi connectivity index (χ1v) is 5.18. The molecule has 0 heterocycles. The highest BCUT2D eigenvalue weighted by molar-refractivity contribution is 6.11. The van der Waals surface area contributed by atoms with Crippen LogP contribution in [0.25, 0.3) is 0 Å². The molecule has 0 bridgehead atoms. The third-order valence-corrected chi connectivity index (χ3v) is 2.07. The molecule has 82 valence electrons. The van der Waals surface area contributed by atoms with Gasteiger partial charge in [-0.1, -0.05) is 60.7 Å². The maximum absolute atomic E-state index is 11.8. The molecule has 0 aliphatic carbocycles. The Labute approximate surface area is 99.8 Å². The zero-order valence-electron chi connectivity index (χ0n) is 8.64. The maximum Gasteiger partial charge on any atom is 0.193 e. The summed E-state index contributed by atoms with van der Waals surface area (Å²) in [5, 5.41) is 3.97. The lowest BCUT2D eigenvalue weighted by molar-refractivity contribution is 0.103. The van der Waals surface area contributed by atoms with Crippen molar-refractivity contribution in [2.45, 2.75) is 0 Å². The summed E-state index contributed by atoms with van der Waals surface area (Å²) >= 11 is 4.14. The summed E-state index contributed by atoms with van der Waals surface area (Å²) in [4.78, 5) is 11.8. The van der Waals surface area contributed by atoms with Gasteiger partial charge in [0.05, 0.1) is 0 Å². The van der Waals surface area contributed by atoms with E-state index in [9.17, 15) is 4.79 Å². The van der Waals surface area contributed by atoms with Crippen molar-refractivity contribution in [1.29, 1.82) is 0 Å². The summed E-state index contributed by atoms with van der Waals surface area (Å²) < 4.78 is 0. The number of hydrogen-bond donors (Lipinski definition) is 1. The van der Waals surface area contributed by atoms with E-state index in [1.54, 1.807) is 0 Å². The molecule has 0 aromatic heterocycles. The molecular formula is C13H12ClNO. The number of halogens is 1. The lowest BCUT2D eigenvalue weighted by atomic mass is 10.0. The standard InChI is InChI=1S/C13H10O.ClH2N/c14-13(11-7-3-1-4-8-11)12-9-5-2-6-10-12;1-2/h1-10H;2H2. The van der Waals surface area contributed by atoms with Crippen molar-refractivity contribution in [2.24, 2.45) is 5.25 Å². The Balaban J connectivity index is 0.000000606. The Morgan fingerprint density at radius 2 is 1.06 bits per heavy atom. The van der Waals surface area contributed by atoms with E-state index in [1.807, 2.05) is 60.7 Å². The van der Waals surface area contributed by atoms with Crippen molar-refractivity contribution in [3.05, 3.63) is 71.8 Å². The van der Waals surface area contributed by atoms with Gasteiger partial charge in [-0.2, -0.15) is 0 Å². The topological polar surface area (TPSA) is 43.1 Å². The molecule has 2 aromatic carbocycles. The molecule has 2 N–H and O–H groups in total. The number of carbonyl (C=O) groups excluding carboxylic acids is 1. The number of carbonyl (C=O) groups is 1. The highest BCUT2D eigenvalue weighted by Crippen LogP contribution is 2.08. The van der Waals surface area contributed by atoms with Crippen LogP contribution in [0.15, 0.2) is 60.7 Å². The van der Waals surface area contributed by atoms with Gasteiger partial charge < -0.3 is 0 Å². The lowest BCUT2D eigenvalue weighted by Gasteiger charge is -1.99. The number of hydrogen-bond acceptors (Lipinski definition) is 2. The minimum absolute atomic E-state index is 0.0752. The maximum atomic E-state index is 11.8. The van der Waals surface area contributed by atoms with Gasteiger partial charge in [0.15, 0.2) is 5.78 Å². The van der Waals surface area contributed by atoms with Crippen LogP contribution < -0.4 is 5.25 Å². The van der Waals surface area contributed by atoms with Gasteiger partial charge in [-0.05, 0) is 11.8 Å². The zero-order valence-corrected chi connectivity index (χ0v) is 9.39. The van der Waals surface area contributed by atoms with Gasteiger partial charge in [0.25, 0.3) is 0 Å². The fourth-order valence-corrected chi connectivity index (χ4v) is 1.35. The van der Waals surface area contributed by atoms with Crippen molar-refractivity contribution in [3.63, 3.8) is 0 Å². The van der Waals surface area contributed by atoms with Gasteiger partial charge in [-0.25, -0.2) is 5.25 Å². The van der Waals surface area contributed by atoms with Crippen LogP contribution in [0, 0.1) is 0 Å². The summed E-state index contributed by atoms with van der Waals surface area (Å²) in [6.45, 7) is 0. The van der Waals surface area contributed by atoms with Gasteiger partial charge in [0, 0.05) is 11.1 Å². The Bertz CT molecular complexity index is 387. The van der Waals surface area contributed by atoms with E-state index in [0.29, 0.717) is 0 Å². The molecule has 2 aromatic rings. The number of nitrogens with two attached hydrogens (primary N) is 1. The summed E-state index contributed by atoms with van der Waals surface area (Å²) in [5.74, 6) is 0.0752. The van der Waals surface area contributed by atoms with Crippen molar-refractivity contribution in [3.8, 4) is 0 Å². The molecule has 0 fully saturated rings. The van der Waals surface area contributed by atoms with Crippen molar-refractivity contribution in [2.75, 3.05) is 0 Å². The molecule has 16 heavy (non-hydrogen) atoms. The molecular weight excluding hydrogens is 222 g/mol. The lowest BCUT2D eigenvalue weighted by Crippen LogP contribution is -1.99. The number of rotatable bonds is 2. The van der Waals surface area contributed by atoms with Crippen molar-refractivity contribution >= 4 is 17.6 Å². The average molecular weight is 234 g/mol. The van der Waals surface area contributed by atoms with E-state index in [1.165, 1.54) is 0 Å². The SMILES string of the molecule is NCl.O=C(c1ccccc1)c1ccccc1. The van der Waals surface area contributed by atoms with E-state index >= 15 is 0 Å². The minimum atomic E-state index is 0.0752. The summed E-state index contributed by atoms with van der Waals surface area (Å²) in [7, 11) is 0. The minimum Gasteiger partial charge on any atom is -0.289 e. The van der Waals surface area contributed by atoms with Gasteiger partial charge >= 0.3 is 0 Å². The van der Waals surface area contributed by atoms with E-state index < -0.39 is 0 Å². The molecule has 0 saturated carbocycles. The molecule has 0 atom stereocenters. The second kappa shape index (κ2) is 6.77. The smallest absolute Gasteiger partial charge is 0.193 e. The fraction of sp³-hybridized carbons (Fsp3) is 0. The highest BCUT2D eigenvalue weighted by atomic mass is 35.5. The molecule has 2 rings (SSSR count). The van der Waals surface area contributed by atoms with Gasteiger partial charge in [0.2, 0.25) is 0 Å². The van der Waals surface area contributed by atoms with E-state index in [0.717, 1.165) is 11.1 Å². The monoisotopic (exact) mass is 233 g/mol. The molecule has 0 aliphatic rings. The Hall–Kier alpha value is -1.64. The molecule has 0 unspecified atom stereocenters. The van der Waals surface area contributed by atoms with Crippen LogP contribution in [-0.4, -0.2) is 5.78 Å². The largest absolute Gasteiger partial charge is 0.289 e. The van der Waals surface area contributed by atoms with Gasteiger partial charge in [-0.3, -0.25) is 4.79 Å². The van der Waals surface area contributed by atoms with Crippen LogP contribution in [0.3, 0.4) is 0 Å². The van der Waals surface area contributed by atoms with Crippen LogP contribution in [-0.2, 0) is 0 Å². The second-order valence-corrected chi connectivity index (χ2v) is 3.06. The van der Waals surface area contributed by atoms with Crippen LogP contribution in [0.4, 0.5) is 0 Å². The molecule has 2 nitrogen and oxygen atoms in total. The average Bonchev–Trinajstić information content (AvgIpc) is 2.42. The molecule has 3 heteroatoms. The normalized spacial score (nSPS) is 8.88. The first-order chi connectivity index (χ1) is 7.88. The summed E-state index contributed by atoms with van der Waals surface area (Å²) in [6, 6.07) is 18.6. The molecule has 0 radical (unpaired) electrons. The predicted octanol–water partition coefficient (Wildman–Crippen LogP) is 3.02. The van der Waals surface area contributed by atoms with E-state index in [4.69, 9.17) is 0 Å². The second-order valence-electron chi connectivity index (χ2n) is 3.06. The van der Waals surface area contributed by atoms with E-state index in [-0.39, 0.29) is 5.78 Å². The quantitative estimate of drug-likeness (QED) is 0.640. The molecule has 0 aliphatic heterocycles. The van der Waals surface area contributed by atoms with E-state index in [2.05, 4.69) is 17.0 Å². The van der Waals surface area contributed by atoms with Crippen LogP contribution in [0.1, 0.15) is 15.9 Å². The molecule has 0 saturated heterocycles. The molecule has 0 spiro atoms.